The molecule has 0 unspecified atom stereocenters. The molecule has 16 heavy (non-hydrogen) atoms. The molecule has 1 fully saturated rings. The first-order valence-corrected chi connectivity index (χ1v) is 5.41. The van der Waals surface area contributed by atoms with Crippen LogP contribution in [0.4, 0.5) is 5.82 Å². The molecule has 6 heteroatoms. The number of guanidine groups is 1. The predicted octanol–water partition coefficient (Wildman–Crippen LogP) is -0.0448. The highest BCUT2D eigenvalue weighted by Crippen LogP contribution is 2.17. The van der Waals surface area contributed by atoms with Crippen LogP contribution < -0.4 is 16.4 Å². The third-order valence-corrected chi connectivity index (χ3v) is 2.19. The van der Waals surface area contributed by atoms with Crippen molar-refractivity contribution in [3.8, 4) is 0 Å². The van der Waals surface area contributed by atoms with E-state index < -0.39 is 0 Å². The Bertz CT molecular complexity index is 346. The Balaban J connectivity index is 1.64. The van der Waals surface area contributed by atoms with Gasteiger partial charge in [0.25, 0.3) is 0 Å². The summed E-state index contributed by atoms with van der Waals surface area (Å²) in [5.74, 6) is 1.29. The summed E-state index contributed by atoms with van der Waals surface area (Å²) in [4.78, 5) is 12.2. The minimum atomic E-state index is 0.531. The van der Waals surface area contributed by atoms with Crippen LogP contribution in [-0.2, 0) is 0 Å². The van der Waals surface area contributed by atoms with Crippen LogP contribution in [0.25, 0.3) is 0 Å². The van der Waals surface area contributed by atoms with Gasteiger partial charge in [0, 0.05) is 25.0 Å². The van der Waals surface area contributed by atoms with Crippen molar-refractivity contribution < 1.29 is 0 Å². The fourth-order valence-corrected chi connectivity index (χ4v) is 1.23. The molecule has 0 bridgehead atoms. The van der Waals surface area contributed by atoms with Gasteiger partial charge in [0.15, 0.2) is 5.96 Å². The molecule has 0 atom stereocenters. The first-order valence-electron chi connectivity index (χ1n) is 5.41. The van der Waals surface area contributed by atoms with E-state index in [-0.39, 0.29) is 0 Å². The van der Waals surface area contributed by atoms with E-state index in [4.69, 9.17) is 5.73 Å². The quantitative estimate of drug-likeness (QED) is 0.368. The van der Waals surface area contributed by atoms with Gasteiger partial charge in [-0.2, -0.15) is 0 Å². The minimum Gasteiger partial charge on any atom is -0.370 e. The number of nitrogens with one attached hydrogen (secondary N) is 2. The van der Waals surface area contributed by atoms with E-state index in [9.17, 15) is 0 Å². The van der Waals surface area contributed by atoms with Gasteiger partial charge in [-0.3, -0.25) is 9.98 Å². The third-order valence-electron chi connectivity index (χ3n) is 2.19. The molecule has 1 aromatic rings. The highest BCUT2D eigenvalue weighted by atomic mass is 15.1. The summed E-state index contributed by atoms with van der Waals surface area (Å²) in [5, 5.41) is 6.23. The molecule has 1 aliphatic carbocycles. The molecule has 86 valence electrons. The number of nitrogens with zero attached hydrogens (tertiary/aromatic N) is 3. The Morgan fingerprint density at radius 1 is 1.50 bits per heavy atom. The zero-order valence-corrected chi connectivity index (χ0v) is 9.06. The molecule has 1 heterocycles. The van der Waals surface area contributed by atoms with Crippen LogP contribution in [0.2, 0.25) is 0 Å². The van der Waals surface area contributed by atoms with Crippen molar-refractivity contribution in [2.75, 3.05) is 18.4 Å². The maximum atomic E-state index is 5.68. The van der Waals surface area contributed by atoms with E-state index >= 15 is 0 Å². The van der Waals surface area contributed by atoms with Crippen molar-refractivity contribution in [2.24, 2.45) is 10.7 Å². The first kappa shape index (κ1) is 10.7. The van der Waals surface area contributed by atoms with E-state index in [0.29, 0.717) is 25.1 Å². The molecule has 1 aromatic heterocycles. The lowest BCUT2D eigenvalue weighted by molar-refractivity contribution is 0.877. The summed E-state index contributed by atoms with van der Waals surface area (Å²) in [6.07, 6.45) is 7.37. The lowest BCUT2D eigenvalue weighted by atomic mass is 10.6. The van der Waals surface area contributed by atoms with Gasteiger partial charge >= 0.3 is 0 Å². The summed E-state index contributed by atoms with van der Waals surface area (Å²) in [5.41, 5.74) is 5.68. The van der Waals surface area contributed by atoms with Gasteiger partial charge in [-0.05, 0) is 12.8 Å². The van der Waals surface area contributed by atoms with Crippen molar-refractivity contribution in [3.63, 3.8) is 0 Å². The van der Waals surface area contributed by atoms with Crippen molar-refractivity contribution in [2.45, 2.75) is 18.9 Å². The zero-order valence-electron chi connectivity index (χ0n) is 9.06. The summed E-state index contributed by atoms with van der Waals surface area (Å²) in [6, 6.07) is 0.552. The summed E-state index contributed by atoms with van der Waals surface area (Å²) < 4.78 is 0. The molecular weight excluding hydrogens is 204 g/mol. The Labute approximate surface area is 94.4 Å². The number of aliphatic imine (C=N–C) groups is 1. The normalized spacial score (nSPS) is 15.9. The second kappa shape index (κ2) is 5.29. The molecule has 0 aromatic carbocycles. The lowest BCUT2D eigenvalue weighted by Gasteiger charge is -2.04. The van der Waals surface area contributed by atoms with Gasteiger partial charge in [-0.15, -0.1) is 0 Å². The minimum absolute atomic E-state index is 0.531. The highest BCUT2D eigenvalue weighted by molar-refractivity contribution is 5.78. The van der Waals surface area contributed by atoms with Crippen molar-refractivity contribution in [3.05, 3.63) is 18.6 Å². The van der Waals surface area contributed by atoms with Crippen LogP contribution in [-0.4, -0.2) is 35.1 Å². The van der Waals surface area contributed by atoms with Gasteiger partial charge in [0.1, 0.15) is 5.82 Å². The van der Waals surface area contributed by atoms with Crippen LogP contribution in [0.3, 0.4) is 0 Å². The maximum Gasteiger partial charge on any atom is 0.188 e. The second-order valence-corrected chi connectivity index (χ2v) is 3.70. The van der Waals surface area contributed by atoms with Crippen LogP contribution >= 0.6 is 0 Å². The molecule has 2 rings (SSSR count). The Hall–Kier alpha value is -1.85. The number of nitrogens with two attached hydrogens (primary N) is 1. The molecule has 0 radical (unpaired) electrons. The van der Waals surface area contributed by atoms with Crippen LogP contribution in [0.1, 0.15) is 12.8 Å². The van der Waals surface area contributed by atoms with E-state index in [1.807, 2.05) is 0 Å². The largest absolute Gasteiger partial charge is 0.370 e. The zero-order chi connectivity index (χ0) is 11.2. The van der Waals surface area contributed by atoms with E-state index in [1.54, 1.807) is 18.6 Å². The standard InChI is InChI=1S/C10H16N6/c11-10(16-8-1-2-8)15-6-5-14-9-7-12-3-4-13-9/h3-4,7-8H,1-2,5-6H2,(H,13,14)(H3,11,15,16). The summed E-state index contributed by atoms with van der Waals surface area (Å²) in [6.45, 7) is 1.33. The Morgan fingerprint density at radius 2 is 2.38 bits per heavy atom. The second-order valence-electron chi connectivity index (χ2n) is 3.70. The topological polar surface area (TPSA) is 88.2 Å². The first-order chi connectivity index (χ1) is 7.84. The van der Waals surface area contributed by atoms with Gasteiger partial charge in [0.05, 0.1) is 12.7 Å². The van der Waals surface area contributed by atoms with Gasteiger partial charge in [0.2, 0.25) is 0 Å². The summed E-state index contributed by atoms with van der Waals surface area (Å²) in [7, 11) is 0. The molecule has 1 aliphatic rings. The monoisotopic (exact) mass is 220 g/mol. The third kappa shape index (κ3) is 3.72. The fraction of sp³-hybridized carbons (Fsp3) is 0.500. The van der Waals surface area contributed by atoms with Crippen molar-refractivity contribution in [1.29, 1.82) is 0 Å². The average molecular weight is 220 g/mol. The van der Waals surface area contributed by atoms with E-state index in [2.05, 4.69) is 25.6 Å². The Morgan fingerprint density at radius 3 is 3.06 bits per heavy atom. The smallest absolute Gasteiger partial charge is 0.188 e. The lowest BCUT2D eigenvalue weighted by Crippen LogP contribution is -2.33. The number of aromatic nitrogens is 2. The average Bonchev–Trinajstić information content (AvgIpc) is 3.10. The van der Waals surface area contributed by atoms with Gasteiger partial charge in [-0.25, -0.2) is 4.98 Å². The molecular formula is C10H16N6. The molecule has 6 nitrogen and oxygen atoms in total. The molecule has 4 N–H and O–H groups in total. The van der Waals surface area contributed by atoms with Gasteiger partial charge < -0.3 is 16.4 Å². The van der Waals surface area contributed by atoms with Crippen LogP contribution in [0.5, 0.6) is 0 Å². The molecule has 0 spiro atoms. The summed E-state index contributed by atoms with van der Waals surface area (Å²) >= 11 is 0. The van der Waals surface area contributed by atoms with Crippen molar-refractivity contribution >= 4 is 11.8 Å². The number of rotatable bonds is 5. The van der Waals surface area contributed by atoms with Gasteiger partial charge in [-0.1, -0.05) is 0 Å². The van der Waals surface area contributed by atoms with E-state index in [0.717, 1.165) is 5.82 Å². The fourth-order valence-electron chi connectivity index (χ4n) is 1.23. The van der Waals surface area contributed by atoms with Crippen molar-refractivity contribution in [1.82, 2.24) is 15.3 Å². The number of hydrogen-bond acceptors (Lipinski definition) is 4. The van der Waals surface area contributed by atoms with Crippen LogP contribution in [0, 0.1) is 0 Å². The maximum absolute atomic E-state index is 5.68. The van der Waals surface area contributed by atoms with Crippen LogP contribution in [0.15, 0.2) is 23.6 Å². The molecule has 0 saturated heterocycles. The molecule has 0 amide bonds. The molecule has 1 saturated carbocycles. The number of hydrogen-bond donors (Lipinski definition) is 3. The molecule has 0 aliphatic heterocycles. The Kier molecular flexibility index (Phi) is 3.53. The predicted molar refractivity (Wildman–Crippen MR) is 63.2 cm³/mol. The SMILES string of the molecule is NC(=NCCNc1cnccn1)NC1CC1. The van der Waals surface area contributed by atoms with E-state index in [1.165, 1.54) is 12.8 Å². The highest BCUT2D eigenvalue weighted by Gasteiger charge is 2.21. The number of anilines is 1.